The highest BCUT2D eigenvalue weighted by atomic mass is 16.5. The van der Waals surface area contributed by atoms with E-state index in [2.05, 4.69) is 22.0 Å². The number of fused-ring (bicyclic) bond motifs is 1. The van der Waals surface area contributed by atoms with Crippen LogP contribution in [0.4, 0.5) is 5.69 Å². The number of esters is 1. The van der Waals surface area contributed by atoms with Crippen LogP contribution in [0.5, 0.6) is 0 Å². The van der Waals surface area contributed by atoms with Gasteiger partial charge in [-0.2, -0.15) is 0 Å². The van der Waals surface area contributed by atoms with Crippen molar-refractivity contribution in [1.82, 2.24) is 9.88 Å². The van der Waals surface area contributed by atoms with E-state index < -0.39 is 5.97 Å². The second-order valence-corrected chi connectivity index (χ2v) is 6.94. The van der Waals surface area contributed by atoms with Crippen molar-refractivity contribution in [3.8, 4) is 0 Å². The standard InChI is InChI=1S/C22H23N3O4/c26-21(25-14-12-24(13-15-25)17-6-2-1-3-7-17)16-28-22(27)11-10-20-23-18-8-4-5-9-19(18)29-20/h1-9H,10-16H2. The molecule has 1 amide bonds. The number of ether oxygens (including phenoxy) is 1. The van der Waals surface area contributed by atoms with E-state index in [1.165, 1.54) is 0 Å². The van der Waals surface area contributed by atoms with Gasteiger partial charge in [-0.1, -0.05) is 30.3 Å². The van der Waals surface area contributed by atoms with Gasteiger partial charge in [0.25, 0.3) is 5.91 Å². The lowest BCUT2D eigenvalue weighted by atomic mass is 10.2. The normalized spacial score (nSPS) is 14.2. The summed E-state index contributed by atoms with van der Waals surface area (Å²) in [5, 5.41) is 0. The van der Waals surface area contributed by atoms with Gasteiger partial charge in [0.15, 0.2) is 18.1 Å². The average molecular weight is 393 g/mol. The fourth-order valence-electron chi connectivity index (χ4n) is 3.39. The molecule has 7 nitrogen and oxygen atoms in total. The van der Waals surface area contributed by atoms with Crippen molar-refractivity contribution < 1.29 is 18.7 Å². The summed E-state index contributed by atoms with van der Waals surface area (Å²) in [6.07, 6.45) is 0.472. The van der Waals surface area contributed by atoms with E-state index in [1.54, 1.807) is 4.90 Å². The average Bonchev–Trinajstić information content (AvgIpc) is 3.20. The molecule has 1 fully saturated rings. The second kappa shape index (κ2) is 8.77. The van der Waals surface area contributed by atoms with Crippen molar-refractivity contribution in [3.05, 3.63) is 60.5 Å². The van der Waals surface area contributed by atoms with Gasteiger partial charge in [0.2, 0.25) is 0 Å². The maximum Gasteiger partial charge on any atom is 0.306 e. The number of para-hydroxylation sites is 3. The number of hydrogen-bond acceptors (Lipinski definition) is 6. The van der Waals surface area contributed by atoms with E-state index in [-0.39, 0.29) is 18.9 Å². The SMILES string of the molecule is O=C(CCc1nc2ccccc2o1)OCC(=O)N1CCN(c2ccccc2)CC1. The quantitative estimate of drug-likeness (QED) is 0.600. The maximum absolute atomic E-state index is 12.3. The van der Waals surface area contributed by atoms with E-state index in [4.69, 9.17) is 9.15 Å². The first kappa shape index (κ1) is 19.0. The molecule has 0 N–H and O–H groups in total. The Morgan fingerprint density at radius 2 is 1.69 bits per heavy atom. The van der Waals surface area contributed by atoms with Crippen LogP contribution in [-0.4, -0.2) is 54.5 Å². The number of carbonyl (C=O) groups is 2. The van der Waals surface area contributed by atoms with Gasteiger partial charge in [0, 0.05) is 38.3 Å². The minimum absolute atomic E-state index is 0.127. The second-order valence-electron chi connectivity index (χ2n) is 6.94. The van der Waals surface area contributed by atoms with Crippen LogP contribution in [0.1, 0.15) is 12.3 Å². The number of carbonyl (C=O) groups excluding carboxylic acids is 2. The molecule has 0 aliphatic carbocycles. The van der Waals surface area contributed by atoms with Crippen LogP contribution in [0.25, 0.3) is 11.1 Å². The van der Waals surface area contributed by atoms with Gasteiger partial charge in [-0.15, -0.1) is 0 Å². The molecule has 150 valence electrons. The van der Waals surface area contributed by atoms with Gasteiger partial charge < -0.3 is 19.0 Å². The third-order valence-electron chi connectivity index (χ3n) is 4.99. The van der Waals surface area contributed by atoms with Gasteiger partial charge in [-0.05, 0) is 24.3 Å². The third-order valence-corrected chi connectivity index (χ3v) is 4.99. The number of piperazine rings is 1. The van der Waals surface area contributed by atoms with Gasteiger partial charge in [0.1, 0.15) is 5.52 Å². The molecule has 7 heteroatoms. The Balaban J connectivity index is 1.19. The van der Waals surface area contributed by atoms with Crippen molar-refractivity contribution in [2.75, 3.05) is 37.7 Å². The topological polar surface area (TPSA) is 75.9 Å². The van der Waals surface area contributed by atoms with E-state index in [1.807, 2.05) is 42.5 Å². The van der Waals surface area contributed by atoms with E-state index in [9.17, 15) is 9.59 Å². The molecule has 0 spiro atoms. The van der Waals surface area contributed by atoms with Gasteiger partial charge in [0.05, 0.1) is 6.42 Å². The molecular formula is C22H23N3O4. The van der Waals surface area contributed by atoms with Crippen molar-refractivity contribution in [3.63, 3.8) is 0 Å². The summed E-state index contributed by atoms with van der Waals surface area (Å²) in [5.41, 5.74) is 2.62. The number of rotatable bonds is 6. The number of aryl methyl sites for hydroxylation is 1. The molecule has 1 aliphatic rings. The highest BCUT2D eigenvalue weighted by Gasteiger charge is 2.22. The van der Waals surface area contributed by atoms with Gasteiger partial charge in [-0.3, -0.25) is 9.59 Å². The zero-order chi connectivity index (χ0) is 20.1. The molecule has 1 saturated heterocycles. The molecule has 4 rings (SSSR count). The Bertz CT molecular complexity index is 945. The Labute approximate surface area is 168 Å². The number of benzene rings is 2. The van der Waals surface area contributed by atoms with Crippen molar-refractivity contribution in [1.29, 1.82) is 0 Å². The minimum Gasteiger partial charge on any atom is -0.456 e. The largest absolute Gasteiger partial charge is 0.456 e. The minimum atomic E-state index is -0.427. The molecule has 1 aliphatic heterocycles. The highest BCUT2D eigenvalue weighted by molar-refractivity contribution is 5.81. The van der Waals surface area contributed by atoms with Crippen LogP contribution in [0.2, 0.25) is 0 Å². The number of hydrogen-bond donors (Lipinski definition) is 0. The number of nitrogens with zero attached hydrogens (tertiary/aromatic N) is 3. The number of amides is 1. The molecule has 0 saturated carbocycles. The Morgan fingerprint density at radius 3 is 2.45 bits per heavy atom. The van der Waals surface area contributed by atoms with Crippen molar-refractivity contribution in [2.24, 2.45) is 0 Å². The molecule has 0 unspecified atom stereocenters. The van der Waals surface area contributed by atoms with E-state index in [0.29, 0.717) is 31.0 Å². The monoisotopic (exact) mass is 393 g/mol. The predicted molar refractivity (Wildman–Crippen MR) is 109 cm³/mol. The first-order valence-corrected chi connectivity index (χ1v) is 9.77. The highest BCUT2D eigenvalue weighted by Crippen LogP contribution is 2.17. The molecule has 1 aromatic heterocycles. The lowest BCUT2D eigenvalue weighted by Crippen LogP contribution is -2.49. The van der Waals surface area contributed by atoms with E-state index in [0.717, 1.165) is 24.3 Å². The van der Waals surface area contributed by atoms with Crippen LogP contribution in [0.15, 0.2) is 59.0 Å². The summed E-state index contributed by atoms with van der Waals surface area (Å²) in [7, 11) is 0. The lowest BCUT2D eigenvalue weighted by Gasteiger charge is -2.36. The molecule has 2 aromatic carbocycles. The Morgan fingerprint density at radius 1 is 0.966 bits per heavy atom. The fraction of sp³-hybridized carbons (Fsp3) is 0.318. The molecular weight excluding hydrogens is 370 g/mol. The van der Waals surface area contributed by atoms with Gasteiger partial charge >= 0.3 is 5.97 Å². The molecule has 0 radical (unpaired) electrons. The predicted octanol–water partition coefficient (Wildman–Crippen LogP) is 2.65. The maximum atomic E-state index is 12.3. The van der Waals surface area contributed by atoms with E-state index >= 15 is 0 Å². The molecule has 0 atom stereocenters. The fourth-order valence-corrected chi connectivity index (χ4v) is 3.39. The Kier molecular flexibility index (Phi) is 5.74. The summed E-state index contributed by atoms with van der Waals surface area (Å²) < 4.78 is 10.7. The van der Waals surface area contributed by atoms with Crippen LogP contribution in [0.3, 0.4) is 0 Å². The van der Waals surface area contributed by atoms with Crippen LogP contribution in [0, 0.1) is 0 Å². The molecule has 0 bridgehead atoms. The summed E-state index contributed by atoms with van der Waals surface area (Å²) in [5.74, 6) is -0.0945. The van der Waals surface area contributed by atoms with Crippen molar-refractivity contribution >= 4 is 28.7 Å². The lowest BCUT2D eigenvalue weighted by molar-refractivity contribution is -0.152. The first-order valence-electron chi connectivity index (χ1n) is 9.77. The van der Waals surface area contributed by atoms with Crippen LogP contribution in [-0.2, 0) is 20.7 Å². The Hall–Kier alpha value is -3.35. The summed E-state index contributed by atoms with van der Waals surface area (Å²) in [6.45, 7) is 2.54. The smallest absolute Gasteiger partial charge is 0.306 e. The zero-order valence-corrected chi connectivity index (χ0v) is 16.1. The summed E-state index contributed by atoms with van der Waals surface area (Å²) in [4.78, 5) is 32.6. The van der Waals surface area contributed by atoms with Crippen LogP contribution < -0.4 is 4.90 Å². The number of oxazole rings is 1. The number of aromatic nitrogens is 1. The summed E-state index contributed by atoms with van der Waals surface area (Å²) >= 11 is 0. The van der Waals surface area contributed by atoms with Gasteiger partial charge in [-0.25, -0.2) is 4.98 Å². The third kappa shape index (κ3) is 4.74. The zero-order valence-electron chi connectivity index (χ0n) is 16.1. The molecule has 29 heavy (non-hydrogen) atoms. The first-order chi connectivity index (χ1) is 14.2. The number of anilines is 1. The van der Waals surface area contributed by atoms with Crippen LogP contribution >= 0.6 is 0 Å². The molecule has 3 aromatic rings. The summed E-state index contributed by atoms with van der Waals surface area (Å²) in [6, 6.07) is 17.6. The van der Waals surface area contributed by atoms with Crippen molar-refractivity contribution in [2.45, 2.75) is 12.8 Å². The molecule has 2 heterocycles.